The number of halogens is 1. The van der Waals surface area contributed by atoms with Crippen molar-refractivity contribution in [3.05, 3.63) is 22.2 Å². The second kappa shape index (κ2) is 6.45. The zero-order chi connectivity index (χ0) is 15.5. The predicted octanol–water partition coefficient (Wildman–Crippen LogP) is 2.67. The number of carbonyl (C=O) groups is 1. The lowest BCUT2D eigenvalue weighted by atomic mass is 9.80. The van der Waals surface area contributed by atoms with E-state index in [1.54, 1.807) is 40.2 Å². The van der Waals surface area contributed by atoms with Gasteiger partial charge in [-0.05, 0) is 41.9 Å². The van der Waals surface area contributed by atoms with Gasteiger partial charge in [-0.1, -0.05) is 0 Å². The summed E-state index contributed by atoms with van der Waals surface area (Å²) >= 11 is 3.39. The Balaban J connectivity index is 3.33. The molecule has 2 N–H and O–H groups in total. The summed E-state index contributed by atoms with van der Waals surface area (Å²) in [5.74, 6) is 0.827. The molecule has 0 radical (unpaired) electrons. The Morgan fingerprint density at radius 1 is 1.20 bits per heavy atom. The van der Waals surface area contributed by atoms with Gasteiger partial charge in [0.1, 0.15) is 11.5 Å². The number of methoxy groups -OCH3 is 3. The molecule has 0 fully saturated rings. The third-order valence-electron chi connectivity index (χ3n) is 3.33. The number of hydrogen-bond donors (Lipinski definition) is 1. The van der Waals surface area contributed by atoms with Crippen LogP contribution in [-0.2, 0) is 9.53 Å². The second-order valence-electron chi connectivity index (χ2n) is 4.92. The molecule has 5 nitrogen and oxygen atoms in total. The Bertz CT molecular complexity index is 502. The zero-order valence-electron chi connectivity index (χ0n) is 12.3. The van der Waals surface area contributed by atoms with E-state index in [1.807, 2.05) is 0 Å². The molecule has 6 heteroatoms. The molecule has 0 aliphatic carbocycles. The molecule has 1 atom stereocenters. The van der Waals surface area contributed by atoms with E-state index in [0.29, 0.717) is 17.1 Å². The average molecular weight is 346 g/mol. The van der Waals surface area contributed by atoms with Crippen LogP contribution in [0.15, 0.2) is 16.6 Å². The van der Waals surface area contributed by atoms with Gasteiger partial charge >= 0.3 is 5.97 Å². The first-order valence-electron chi connectivity index (χ1n) is 6.05. The maximum absolute atomic E-state index is 11.9. The SMILES string of the molecule is COC(=O)C(C)(C)[C@@H](N)c1cc(OC)c(Br)cc1OC. The first-order chi connectivity index (χ1) is 9.29. The highest BCUT2D eigenvalue weighted by molar-refractivity contribution is 9.10. The summed E-state index contributed by atoms with van der Waals surface area (Å²) < 4.78 is 16.2. The van der Waals surface area contributed by atoms with E-state index in [9.17, 15) is 4.79 Å². The molecule has 1 aromatic carbocycles. The highest BCUT2D eigenvalue weighted by atomic mass is 79.9. The van der Waals surface area contributed by atoms with Gasteiger partial charge in [0.15, 0.2) is 0 Å². The second-order valence-corrected chi connectivity index (χ2v) is 5.77. The summed E-state index contributed by atoms with van der Waals surface area (Å²) in [6.45, 7) is 3.47. The van der Waals surface area contributed by atoms with E-state index in [0.717, 1.165) is 4.47 Å². The van der Waals surface area contributed by atoms with Gasteiger partial charge in [0, 0.05) is 11.6 Å². The number of ether oxygens (including phenoxy) is 3. The highest BCUT2D eigenvalue weighted by Crippen LogP contribution is 2.41. The van der Waals surface area contributed by atoms with E-state index < -0.39 is 11.5 Å². The molecule has 112 valence electrons. The Morgan fingerprint density at radius 2 is 1.75 bits per heavy atom. The van der Waals surface area contributed by atoms with E-state index in [2.05, 4.69) is 15.9 Å². The van der Waals surface area contributed by atoms with Crippen molar-refractivity contribution >= 4 is 21.9 Å². The van der Waals surface area contributed by atoms with E-state index in [-0.39, 0.29) is 5.97 Å². The monoisotopic (exact) mass is 345 g/mol. The fourth-order valence-electron chi connectivity index (χ4n) is 1.91. The minimum absolute atomic E-state index is 0.381. The van der Waals surface area contributed by atoms with Crippen molar-refractivity contribution in [3.8, 4) is 11.5 Å². The van der Waals surface area contributed by atoms with Crippen LogP contribution >= 0.6 is 15.9 Å². The van der Waals surface area contributed by atoms with Crippen LogP contribution in [0.1, 0.15) is 25.5 Å². The molecular weight excluding hydrogens is 326 g/mol. The molecule has 0 aliphatic rings. The molecule has 0 saturated heterocycles. The molecule has 0 aromatic heterocycles. The van der Waals surface area contributed by atoms with Crippen molar-refractivity contribution in [2.45, 2.75) is 19.9 Å². The lowest BCUT2D eigenvalue weighted by molar-refractivity contribution is -0.152. The molecule has 0 saturated carbocycles. The summed E-state index contributed by atoms with van der Waals surface area (Å²) in [5.41, 5.74) is 6.04. The van der Waals surface area contributed by atoms with Crippen molar-refractivity contribution in [2.24, 2.45) is 11.1 Å². The zero-order valence-corrected chi connectivity index (χ0v) is 13.9. The molecule has 1 rings (SSSR count). The van der Waals surface area contributed by atoms with Crippen molar-refractivity contribution in [3.63, 3.8) is 0 Å². The molecule has 0 spiro atoms. The molecule has 0 unspecified atom stereocenters. The van der Waals surface area contributed by atoms with E-state index in [1.165, 1.54) is 7.11 Å². The van der Waals surface area contributed by atoms with Crippen LogP contribution in [0, 0.1) is 5.41 Å². The van der Waals surface area contributed by atoms with Crippen LogP contribution in [0.2, 0.25) is 0 Å². The summed E-state index contributed by atoms with van der Waals surface area (Å²) in [7, 11) is 4.46. The lowest BCUT2D eigenvalue weighted by Gasteiger charge is -2.30. The van der Waals surface area contributed by atoms with Crippen molar-refractivity contribution in [1.82, 2.24) is 0 Å². The largest absolute Gasteiger partial charge is 0.496 e. The number of nitrogens with two attached hydrogens (primary N) is 1. The molecule has 1 aromatic rings. The molecule has 0 heterocycles. The Kier molecular flexibility index (Phi) is 5.42. The summed E-state index contributed by atoms with van der Waals surface area (Å²) in [5, 5.41) is 0. The Labute approximate surface area is 127 Å². The van der Waals surface area contributed by atoms with Crippen molar-refractivity contribution in [2.75, 3.05) is 21.3 Å². The normalized spacial score (nSPS) is 12.8. The third-order valence-corrected chi connectivity index (χ3v) is 3.95. The van der Waals surface area contributed by atoms with Gasteiger partial charge in [-0.25, -0.2) is 0 Å². The minimum atomic E-state index is -0.888. The fraction of sp³-hybridized carbons (Fsp3) is 0.500. The van der Waals surface area contributed by atoms with Gasteiger partial charge in [-0.15, -0.1) is 0 Å². The summed E-state index contributed by atoms with van der Waals surface area (Å²) in [6.07, 6.45) is 0. The number of esters is 1. The van der Waals surface area contributed by atoms with Crippen LogP contribution in [0.3, 0.4) is 0 Å². The van der Waals surface area contributed by atoms with Crippen LogP contribution in [0.4, 0.5) is 0 Å². The topological polar surface area (TPSA) is 70.8 Å². The van der Waals surface area contributed by atoms with Crippen LogP contribution in [-0.4, -0.2) is 27.3 Å². The molecule has 20 heavy (non-hydrogen) atoms. The predicted molar refractivity (Wildman–Crippen MR) is 80.0 cm³/mol. The Morgan fingerprint density at radius 3 is 2.20 bits per heavy atom. The maximum Gasteiger partial charge on any atom is 0.313 e. The maximum atomic E-state index is 11.9. The van der Waals surface area contributed by atoms with Crippen LogP contribution < -0.4 is 15.2 Å². The quantitative estimate of drug-likeness (QED) is 0.830. The lowest BCUT2D eigenvalue weighted by Crippen LogP contribution is -2.37. The first kappa shape index (κ1) is 16.8. The fourth-order valence-corrected chi connectivity index (χ4v) is 2.39. The number of hydrogen-bond acceptors (Lipinski definition) is 5. The van der Waals surface area contributed by atoms with Crippen molar-refractivity contribution in [1.29, 1.82) is 0 Å². The van der Waals surface area contributed by atoms with Gasteiger partial charge in [-0.3, -0.25) is 4.79 Å². The van der Waals surface area contributed by atoms with Crippen molar-refractivity contribution < 1.29 is 19.0 Å². The van der Waals surface area contributed by atoms with Crippen LogP contribution in [0.5, 0.6) is 11.5 Å². The highest BCUT2D eigenvalue weighted by Gasteiger charge is 2.38. The van der Waals surface area contributed by atoms with Gasteiger partial charge in [0.25, 0.3) is 0 Å². The minimum Gasteiger partial charge on any atom is -0.496 e. The number of rotatable bonds is 5. The standard InChI is InChI=1S/C14H20BrNO4/c1-14(2,13(17)20-5)12(16)8-6-11(19-4)9(15)7-10(8)18-3/h6-7,12H,16H2,1-5H3/t12-/m0/s1. The number of benzene rings is 1. The summed E-state index contributed by atoms with van der Waals surface area (Å²) in [4.78, 5) is 11.9. The smallest absolute Gasteiger partial charge is 0.313 e. The molecular formula is C14H20BrNO4. The summed E-state index contributed by atoms with van der Waals surface area (Å²) in [6, 6.07) is 2.94. The Hall–Kier alpha value is -1.27. The van der Waals surface area contributed by atoms with Gasteiger partial charge < -0.3 is 19.9 Å². The van der Waals surface area contributed by atoms with Gasteiger partial charge in [0.2, 0.25) is 0 Å². The third kappa shape index (κ3) is 3.07. The van der Waals surface area contributed by atoms with E-state index in [4.69, 9.17) is 19.9 Å². The first-order valence-corrected chi connectivity index (χ1v) is 6.84. The molecule has 0 aliphatic heterocycles. The van der Waals surface area contributed by atoms with E-state index >= 15 is 0 Å². The van der Waals surface area contributed by atoms with Gasteiger partial charge in [-0.2, -0.15) is 0 Å². The number of carbonyl (C=O) groups excluding carboxylic acids is 1. The van der Waals surface area contributed by atoms with Gasteiger partial charge in [0.05, 0.1) is 31.2 Å². The molecule has 0 bridgehead atoms. The van der Waals surface area contributed by atoms with Crippen LogP contribution in [0.25, 0.3) is 0 Å². The molecule has 0 amide bonds. The average Bonchev–Trinajstić information content (AvgIpc) is 2.44.